The van der Waals surface area contributed by atoms with Crippen molar-refractivity contribution in [2.24, 2.45) is 0 Å². The van der Waals surface area contributed by atoms with Gasteiger partial charge in [-0.3, -0.25) is 0 Å². The minimum Gasteiger partial charge on any atom is -0.144 e. The molecule has 0 atom stereocenters. The zero-order chi connectivity index (χ0) is 17.1. The molecule has 0 aliphatic heterocycles. The third kappa shape index (κ3) is 1.89. The molecule has 0 unspecified atom stereocenters. The maximum Gasteiger partial charge on any atom is 0.0355 e. The highest BCUT2D eigenvalue weighted by Crippen LogP contribution is 2.54. The van der Waals surface area contributed by atoms with E-state index in [0.29, 0.717) is 0 Å². The average molecular weight is 367 g/mol. The van der Waals surface area contributed by atoms with E-state index in [1.165, 1.54) is 53.9 Å². The third-order valence-electron chi connectivity index (χ3n) is 5.21. The van der Waals surface area contributed by atoms with Gasteiger partial charge in [-0.15, -0.1) is 22.7 Å². The highest BCUT2D eigenvalue weighted by Gasteiger charge is 2.27. The maximum atomic E-state index is 2.38. The second-order valence-electron chi connectivity index (χ2n) is 6.58. The van der Waals surface area contributed by atoms with Crippen molar-refractivity contribution in [3.63, 3.8) is 0 Å². The van der Waals surface area contributed by atoms with Crippen LogP contribution in [0.25, 0.3) is 53.9 Å². The fourth-order valence-corrected chi connectivity index (χ4v) is 5.73. The lowest BCUT2D eigenvalue weighted by molar-refractivity contribution is 1.69. The lowest BCUT2D eigenvalue weighted by Crippen LogP contribution is -1.87. The van der Waals surface area contributed by atoms with E-state index in [1.54, 1.807) is 0 Å². The van der Waals surface area contributed by atoms with Gasteiger partial charge in [-0.05, 0) is 56.4 Å². The molecule has 3 aromatic carbocycles. The molecular weight excluding hydrogens is 352 g/mol. The van der Waals surface area contributed by atoms with Gasteiger partial charge in [0.2, 0.25) is 0 Å². The number of hydrogen-bond donors (Lipinski definition) is 0. The number of hydrogen-bond acceptors (Lipinski definition) is 2. The average Bonchev–Trinajstić information content (AvgIpc) is 3.44. The van der Waals surface area contributed by atoms with E-state index in [4.69, 9.17) is 0 Å². The molecule has 122 valence electrons. The molecule has 26 heavy (non-hydrogen) atoms. The summed E-state index contributed by atoms with van der Waals surface area (Å²) in [5.41, 5.74) is 8.21. The first-order valence-electron chi connectivity index (χ1n) is 8.69. The molecule has 0 saturated heterocycles. The van der Waals surface area contributed by atoms with Crippen molar-refractivity contribution in [1.82, 2.24) is 0 Å². The van der Waals surface area contributed by atoms with E-state index in [1.807, 2.05) is 22.7 Å². The number of thiophene rings is 2. The van der Waals surface area contributed by atoms with Crippen LogP contribution < -0.4 is 0 Å². The summed E-state index contributed by atoms with van der Waals surface area (Å²) in [6.07, 6.45) is 0. The maximum absolute atomic E-state index is 2.38. The smallest absolute Gasteiger partial charge is 0.0355 e. The fraction of sp³-hybridized carbons (Fsp3) is 0. The number of fused-ring (bicyclic) bond motifs is 3. The van der Waals surface area contributed by atoms with Crippen molar-refractivity contribution < 1.29 is 0 Å². The van der Waals surface area contributed by atoms with Gasteiger partial charge in [0.05, 0.1) is 0 Å². The molecule has 1 aliphatic rings. The Kier molecular flexibility index (Phi) is 3.01. The Hall–Kier alpha value is -2.68. The van der Waals surface area contributed by atoms with Crippen LogP contribution in [0.3, 0.4) is 0 Å². The lowest BCUT2D eigenvalue weighted by atomic mass is 9.91. The molecule has 2 aromatic heterocycles. The van der Waals surface area contributed by atoms with Gasteiger partial charge in [0.1, 0.15) is 0 Å². The monoisotopic (exact) mass is 366 g/mol. The van der Waals surface area contributed by atoms with E-state index < -0.39 is 0 Å². The van der Waals surface area contributed by atoms with Crippen molar-refractivity contribution in [3.8, 4) is 43.1 Å². The van der Waals surface area contributed by atoms with Crippen LogP contribution in [0.1, 0.15) is 0 Å². The predicted molar refractivity (Wildman–Crippen MR) is 115 cm³/mol. The lowest BCUT2D eigenvalue weighted by Gasteiger charge is -2.14. The standard InChI is InChI=1S/C24H14S2/c1-2-8-18-16(7-1)17-9-3-6-15-14-19(20-10-4-12-25-20)23(24(18)22(15)17)21-11-5-13-26-21/h1-14H. The Morgan fingerprint density at radius 1 is 0.500 bits per heavy atom. The number of benzene rings is 3. The predicted octanol–water partition coefficient (Wildman–Crippen LogP) is 7.94. The molecule has 0 fully saturated rings. The normalized spacial score (nSPS) is 11.8. The van der Waals surface area contributed by atoms with Crippen molar-refractivity contribution in [2.45, 2.75) is 0 Å². The zero-order valence-electron chi connectivity index (χ0n) is 13.9. The molecule has 2 heterocycles. The SMILES string of the molecule is c1csc(-c2cc3cccc4c3c(c2-c2cccs2)-c2ccccc2-4)c1. The molecule has 1 aliphatic carbocycles. The molecule has 5 aromatic rings. The first-order valence-corrected chi connectivity index (χ1v) is 10.4. The molecule has 2 heteroatoms. The molecule has 0 nitrogen and oxygen atoms in total. The van der Waals surface area contributed by atoms with E-state index in [9.17, 15) is 0 Å². The van der Waals surface area contributed by atoms with Gasteiger partial charge >= 0.3 is 0 Å². The first-order chi connectivity index (χ1) is 12.9. The Morgan fingerprint density at radius 2 is 1.23 bits per heavy atom. The molecular formula is C24H14S2. The van der Waals surface area contributed by atoms with Gasteiger partial charge in [0.25, 0.3) is 0 Å². The van der Waals surface area contributed by atoms with Crippen LogP contribution in [0.15, 0.2) is 83.6 Å². The molecule has 6 rings (SSSR count). The van der Waals surface area contributed by atoms with Crippen LogP contribution in [0.5, 0.6) is 0 Å². The van der Waals surface area contributed by atoms with Crippen LogP contribution in [0.2, 0.25) is 0 Å². The van der Waals surface area contributed by atoms with Crippen LogP contribution in [-0.4, -0.2) is 0 Å². The van der Waals surface area contributed by atoms with Crippen LogP contribution in [-0.2, 0) is 0 Å². The summed E-state index contributed by atoms with van der Waals surface area (Å²) < 4.78 is 0. The number of rotatable bonds is 2. The Balaban J connectivity index is 1.86. The van der Waals surface area contributed by atoms with Crippen molar-refractivity contribution in [2.75, 3.05) is 0 Å². The van der Waals surface area contributed by atoms with Gasteiger partial charge in [-0.1, -0.05) is 54.6 Å². The molecule has 0 radical (unpaired) electrons. The first kappa shape index (κ1) is 14.5. The highest BCUT2D eigenvalue weighted by molar-refractivity contribution is 7.14. The van der Waals surface area contributed by atoms with Crippen molar-refractivity contribution in [3.05, 3.63) is 83.6 Å². The molecule has 0 N–H and O–H groups in total. The summed E-state index contributed by atoms with van der Waals surface area (Å²) in [5, 5.41) is 7.08. The van der Waals surface area contributed by atoms with Gasteiger partial charge in [0, 0.05) is 26.4 Å². The summed E-state index contributed by atoms with van der Waals surface area (Å²) in [4.78, 5) is 2.68. The third-order valence-corrected chi connectivity index (χ3v) is 7.00. The second-order valence-corrected chi connectivity index (χ2v) is 8.47. The van der Waals surface area contributed by atoms with Crippen LogP contribution in [0, 0.1) is 0 Å². The molecule has 0 amide bonds. The molecule has 0 bridgehead atoms. The van der Waals surface area contributed by atoms with E-state index in [2.05, 4.69) is 83.6 Å². The van der Waals surface area contributed by atoms with Crippen molar-refractivity contribution in [1.29, 1.82) is 0 Å². The highest BCUT2D eigenvalue weighted by atomic mass is 32.1. The summed E-state index contributed by atoms with van der Waals surface area (Å²) in [6, 6.07) is 26.7. The topological polar surface area (TPSA) is 0 Å². The summed E-state index contributed by atoms with van der Waals surface area (Å²) in [7, 11) is 0. The second kappa shape index (κ2) is 5.41. The van der Waals surface area contributed by atoms with Gasteiger partial charge < -0.3 is 0 Å². The van der Waals surface area contributed by atoms with Crippen LogP contribution >= 0.6 is 22.7 Å². The van der Waals surface area contributed by atoms with Gasteiger partial charge in [-0.2, -0.15) is 0 Å². The Labute approximate surface area is 160 Å². The van der Waals surface area contributed by atoms with E-state index >= 15 is 0 Å². The quantitative estimate of drug-likeness (QED) is 0.292. The summed E-state index contributed by atoms with van der Waals surface area (Å²) in [6.45, 7) is 0. The van der Waals surface area contributed by atoms with Crippen molar-refractivity contribution >= 4 is 33.4 Å². The minimum atomic E-state index is 1.33. The molecule has 0 saturated carbocycles. The Morgan fingerprint density at radius 3 is 2.00 bits per heavy atom. The minimum absolute atomic E-state index is 1.33. The Bertz CT molecular complexity index is 1260. The van der Waals surface area contributed by atoms with Crippen LogP contribution in [0.4, 0.5) is 0 Å². The summed E-state index contributed by atoms with van der Waals surface area (Å²) in [5.74, 6) is 0. The zero-order valence-corrected chi connectivity index (χ0v) is 15.5. The van der Waals surface area contributed by atoms with E-state index in [0.717, 1.165) is 0 Å². The molecule has 0 spiro atoms. The van der Waals surface area contributed by atoms with E-state index in [-0.39, 0.29) is 0 Å². The largest absolute Gasteiger partial charge is 0.144 e. The van der Waals surface area contributed by atoms with Gasteiger partial charge in [-0.25, -0.2) is 0 Å². The van der Waals surface area contributed by atoms with Gasteiger partial charge in [0.15, 0.2) is 0 Å². The fourth-order valence-electron chi connectivity index (χ4n) is 4.19. The summed E-state index contributed by atoms with van der Waals surface area (Å²) >= 11 is 3.65.